The molecule has 1 aromatic heterocycles. The number of hydrogen-bond donors (Lipinski definition) is 0. The Bertz CT molecular complexity index is 735. The topological polar surface area (TPSA) is 51.7 Å². The summed E-state index contributed by atoms with van der Waals surface area (Å²) in [5.74, 6) is -0.101. The second-order valence-corrected chi connectivity index (χ2v) is 5.05. The average molecular weight is 338 g/mol. The van der Waals surface area contributed by atoms with Gasteiger partial charge in [-0.1, -0.05) is 6.07 Å². The van der Waals surface area contributed by atoms with Crippen LogP contribution in [0.5, 0.6) is 11.5 Å². The molecule has 0 saturated carbocycles. The van der Waals surface area contributed by atoms with Crippen LogP contribution in [0, 0.1) is 0 Å². The molecule has 3 rings (SSSR count). The van der Waals surface area contributed by atoms with Crippen LogP contribution in [0.2, 0.25) is 0 Å². The van der Waals surface area contributed by atoms with E-state index in [0.717, 1.165) is 0 Å². The van der Waals surface area contributed by atoms with Gasteiger partial charge in [0.15, 0.2) is 11.5 Å². The molecule has 0 radical (unpaired) electrons. The molecule has 0 fully saturated rings. The predicted molar refractivity (Wildman–Crippen MR) is 79.4 cm³/mol. The molecule has 0 atom stereocenters. The third kappa shape index (κ3) is 3.58. The highest BCUT2D eigenvalue weighted by Gasteiger charge is 2.35. The van der Waals surface area contributed by atoms with E-state index in [2.05, 4.69) is 4.98 Å². The van der Waals surface area contributed by atoms with E-state index >= 15 is 0 Å². The number of carbonyl (C=O) groups excluding carboxylic acids is 1. The summed E-state index contributed by atoms with van der Waals surface area (Å²) in [6.07, 6.45) is -3.23. The van der Waals surface area contributed by atoms with Gasteiger partial charge in [-0.2, -0.15) is 13.2 Å². The van der Waals surface area contributed by atoms with E-state index in [9.17, 15) is 18.0 Å². The number of aromatic nitrogens is 1. The van der Waals surface area contributed by atoms with Crippen molar-refractivity contribution in [3.05, 3.63) is 48.2 Å². The van der Waals surface area contributed by atoms with Gasteiger partial charge in [-0.15, -0.1) is 0 Å². The van der Waals surface area contributed by atoms with Gasteiger partial charge in [0, 0.05) is 11.8 Å². The molecule has 126 valence electrons. The van der Waals surface area contributed by atoms with E-state index < -0.39 is 18.6 Å². The van der Waals surface area contributed by atoms with Gasteiger partial charge in [0.25, 0.3) is 5.91 Å². The number of ether oxygens (including phenoxy) is 2. The van der Waals surface area contributed by atoms with E-state index in [-0.39, 0.29) is 11.4 Å². The van der Waals surface area contributed by atoms with E-state index in [1.807, 2.05) is 0 Å². The van der Waals surface area contributed by atoms with Crippen molar-refractivity contribution in [3.8, 4) is 11.5 Å². The van der Waals surface area contributed by atoms with Gasteiger partial charge in [-0.3, -0.25) is 9.69 Å². The van der Waals surface area contributed by atoms with Gasteiger partial charge >= 0.3 is 6.18 Å². The van der Waals surface area contributed by atoms with Crippen molar-refractivity contribution >= 4 is 11.7 Å². The van der Waals surface area contributed by atoms with E-state index in [1.54, 1.807) is 6.07 Å². The zero-order valence-electron chi connectivity index (χ0n) is 12.4. The van der Waals surface area contributed by atoms with Crippen molar-refractivity contribution in [2.45, 2.75) is 6.18 Å². The van der Waals surface area contributed by atoms with Crippen LogP contribution in [0.4, 0.5) is 19.0 Å². The Hall–Kier alpha value is -2.77. The summed E-state index contributed by atoms with van der Waals surface area (Å²) < 4.78 is 49.3. The quantitative estimate of drug-likeness (QED) is 0.863. The van der Waals surface area contributed by atoms with Crippen LogP contribution >= 0.6 is 0 Å². The molecule has 0 N–H and O–H groups in total. The molecule has 1 aromatic carbocycles. The molecular weight excluding hydrogens is 325 g/mol. The summed E-state index contributed by atoms with van der Waals surface area (Å²) in [6.45, 7) is -0.733. The lowest BCUT2D eigenvalue weighted by molar-refractivity contribution is -0.118. The highest BCUT2D eigenvalue weighted by Crippen LogP contribution is 2.32. The predicted octanol–water partition coefficient (Wildman–Crippen LogP) is 3.06. The van der Waals surface area contributed by atoms with E-state index in [0.29, 0.717) is 29.6 Å². The highest BCUT2D eigenvalue weighted by molar-refractivity contribution is 6.06. The zero-order valence-corrected chi connectivity index (χ0v) is 12.4. The monoisotopic (exact) mass is 338 g/mol. The summed E-state index contributed by atoms with van der Waals surface area (Å²) in [4.78, 5) is 17.0. The van der Waals surface area contributed by atoms with Crippen molar-refractivity contribution < 1.29 is 27.4 Å². The molecule has 0 aliphatic carbocycles. The fourth-order valence-electron chi connectivity index (χ4n) is 2.28. The molecule has 2 aromatic rings. The minimum absolute atomic E-state index is 0.0640. The van der Waals surface area contributed by atoms with Crippen LogP contribution < -0.4 is 14.4 Å². The first-order chi connectivity index (χ1) is 11.4. The lowest BCUT2D eigenvalue weighted by atomic mass is 10.1. The Labute approximate surface area is 135 Å². The molecule has 1 amide bonds. The Kier molecular flexibility index (Phi) is 4.28. The van der Waals surface area contributed by atoms with Crippen molar-refractivity contribution in [3.63, 3.8) is 0 Å². The maximum Gasteiger partial charge on any atom is 0.406 e. The fourth-order valence-corrected chi connectivity index (χ4v) is 2.28. The standard InChI is InChI=1S/C16H13F3N2O3/c17-16(18,19)10-21(14-3-1-2-6-20-14)15(22)11-4-5-12-13(9-11)24-8-7-23-12/h1-6,9H,7-8,10H2. The molecule has 0 bridgehead atoms. The summed E-state index contributed by atoms with van der Waals surface area (Å²) in [6, 6.07) is 8.71. The molecule has 1 aliphatic heterocycles. The van der Waals surface area contributed by atoms with Crippen LogP contribution in [-0.2, 0) is 0 Å². The fraction of sp³-hybridized carbons (Fsp3) is 0.250. The van der Waals surface area contributed by atoms with Crippen LogP contribution in [0.3, 0.4) is 0 Å². The van der Waals surface area contributed by atoms with E-state index in [1.165, 1.54) is 36.5 Å². The first-order valence-corrected chi connectivity index (χ1v) is 7.13. The van der Waals surface area contributed by atoms with Gasteiger partial charge in [0.2, 0.25) is 0 Å². The smallest absolute Gasteiger partial charge is 0.406 e. The third-order valence-electron chi connectivity index (χ3n) is 3.30. The summed E-state index contributed by atoms with van der Waals surface area (Å²) >= 11 is 0. The van der Waals surface area contributed by atoms with Gasteiger partial charge in [0.1, 0.15) is 25.6 Å². The maximum absolute atomic E-state index is 12.9. The number of fused-ring (bicyclic) bond motifs is 1. The third-order valence-corrected chi connectivity index (χ3v) is 3.30. The molecule has 2 heterocycles. The number of rotatable bonds is 3. The lowest BCUT2D eigenvalue weighted by Gasteiger charge is -2.24. The SMILES string of the molecule is O=C(c1ccc2c(c1)OCCO2)N(CC(F)(F)F)c1ccccn1. The maximum atomic E-state index is 12.9. The first-order valence-electron chi connectivity index (χ1n) is 7.13. The van der Waals surface area contributed by atoms with Crippen molar-refractivity contribution in [1.29, 1.82) is 0 Å². The summed E-state index contributed by atoms with van der Waals surface area (Å²) in [7, 11) is 0. The van der Waals surface area contributed by atoms with Crippen LogP contribution in [-0.4, -0.2) is 36.8 Å². The van der Waals surface area contributed by atoms with Gasteiger partial charge in [-0.05, 0) is 30.3 Å². The summed E-state index contributed by atoms with van der Waals surface area (Å²) in [5.41, 5.74) is 0.0640. The van der Waals surface area contributed by atoms with Crippen LogP contribution in [0.1, 0.15) is 10.4 Å². The molecule has 0 saturated heterocycles. The molecule has 5 nitrogen and oxygen atoms in total. The van der Waals surface area contributed by atoms with Crippen molar-refractivity contribution in [2.24, 2.45) is 0 Å². The minimum Gasteiger partial charge on any atom is -0.486 e. The van der Waals surface area contributed by atoms with Crippen LogP contribution in [0.25, 0.3) is 0 Å². The minimum atomic E-state index is -4.55. The molecule has 24 heavy (non-hydrogen) atoms. The zero-order chi connectivity index (χ0) is 17.2. The number of carbonyl (C=O) groups is 1. The Balaban J connectivity index is 1.94. The number of hydrogen-bond acceptors (Lipinski definition) is 4. The number of anilines is 1. The average Bonchev–Trinajstić information content (AvgIpc) is 2.58. The van der Waals surface area contributed by atoms with E-state index in [4.69, 9.17) is 9.47 Å². The van der Waals surface area contributed by atoms with Crippen LogP contribution in [0.15, 0.2) is 42.6 Å². The number of halogens is 3. The van der Waals surface area contributed by atoms with Gasteiger partial charge in [-0.25, -0.2) is 4.98 Å². The molecule has 0 spiro atoms. The Morgan fingerprint density at radius 3 is 2.54 bits per heavy atom. The molecule has 1 aliphatic rings. The van der Waals surface area contributed by atoms with Crippen molar-refractivity contribution in [1.82, 2.24) is 4.98 Å². The number of alkyl halides is 3. The second kappa shape index (κ2) is 6.38. The lowest BCUT2D eigenvalue weighted by Crippen LogP contribution is -2.39. The molecule has 8 heteroatoms. The van der Waals surface area contributed by atoms with Crippen molar-refractivity contribution in [2.75, 3.05) is 24.7 Å². The second-order valence-electron chi connectivity index (χ2n) is 5.05. The molecule has 0 unspecified atom stereocenters. The number of pyridine rings is 1. The summed E-state index contributed by atoms with van der Waals surface area (Å²) in [5, 5.41) is 0. The Morgan fingerprint density at radius 1 is 1.12 bits per heavy atom. The van der Waals surface area contributed by atoms with Gasteiger partial charge < -0.3 is 9.47 Å². The normalized spacial score (nSPS) is 13.5. The number of nitrogens with zero attached hydrogens (tertiary/aromatic N) is 2. The Morgan fingerprint density at radius 2 is 1.88 bits per heavy atom. The number of benzene rings is 1. The largest absolute Gasteiger partial charge is 0.486 e. The number of amides is 1. The highest BCUT2D eigenvalue weighted by atomic mass is 19.4. The van der Waals surface area contributed by atoms with Gasteiger partial charge in [0.05, 0.1) is 0 Å². The first kappa shape index (κ1) is 16.1. The molecular formula is C16H13F3N2O3.